The Bertz CT molecular complexity index is 318. The highest BCUT2D eigenvalue weighted by atomic mass is 32.2. The fourth-order valence-electron chi connectivity index (χ4n) is 0.904. The van der Waals surface area contributed by atoms with Crippen LogP contribution in [0.4, 0.5) is 0 Å². The van der Waals surface area contributed by atoms with E-state index in [-0.39, 0.29) is 17.9 Å². The zero-order valence-electron chi connectivity index (χ0n) is 8.76. The first-order valence-corrected chi connectivity index (χ1v) is 5.95. The van der Waals surface area contributed by atoms with Crippen molar-refractivity contribution in [3.05, 3.63) is 0 Å². The van der Waals surface area contributed by atoms with Gasteiger partial charge in [-0.2, -0.15) is 0 Å². The number of carboxylic acids is 1. The van der Waals surface area contributed by atoms with Gasteiger partial charge in [-0.05, 0) is 0 Å². The molecule has 0 aromatic heterocycles. The van der Waals surface area contributed by atoms with E-state index in [0.29, 0.717) is 0 Å². The molecular formula is C8H14N2O5S. The van der Waals surface area contributed by atoms with Crippen LogP contribution >= 0.6 is 0 Å². The van der Waals surface area contributed by atoms with Crippen LogP contribution in [-0.4, -0.2) is 44.6 Å². The normalized spacial score (nSPS) is 13.8. The molecule has 0 heterocycles. The number of hydrogen-bond acceptors (Lipinski definition) is 4. The zero-order valence-corrected chi connectivity index (χ0v) is 9.58. The predicted octanol–water partition coefficient (Wildman–Crippen LogP) is -1.80. The maximum atomic E-state index is 11.3. The summed E-state index contributed by atoms with van der Waals surface area (Å²) in [5.41, 5.74) is 4.85. The molecule has 0 aromatic rings. The molecule has 0 radical (unpaired) electrons. The number of carbonyl (C=O) groups is 3. The molecule has 0 fully saturated rings. The Morgan fingerprint density at radius 1 is 1.44 bits per heavy atom. The van der Waals surface area contributed by atoms with Gasteiger partial charge >= 0.3 is 5.97 Å². The summed E-state index contributed by atoms with van der Waals surface area (Å²) in [5, 5.41) is 10.9. The van der Waals surface area contributed by atoms with Gasteiger partial charge in [-0.15, -0.1) is 0 Å². The van der Waals surface area contributed by atoms with E-state index in [1.165, 1.54) is 6.92 Å². The molecule has 2 atom stereocenters. The number of aliphatic carboxylic acids is 1. The van der Waals surface area contributed by atoms with E-state index in [9.17, 15) is 18.6 Å². The van der Waals surface area contributed by atoms with Crippen LogP contribution in [0, 0.1) is 0 Å². The van der Waals surface area contributed by atoms with Crippen LogP contribution in [0.3, 0.4) is 0 Å². The average molecular weight is 250 g/mol. The molecule has 0 saturated heterocycles. The van der Waals surface area contributed by atoms with E-state index in [4.69, 9.17) is 10.8 Å². The first kappa shape index (κ1) is 14.6. The van der Waals surface area contributed by atoms with E-state index >= 15 is 0 Å². The molecule has 92 valence electrons. The highest BCUT2D eigenvalue weighted by Crippen LogP contribution is 1.94. The van der Waals surface area contributed by atoms with E-state index in [0.717, 1.165) is 0 Å². The van der Waals surface area contributed by atoms with Gasteiger partial charge in [0.15, 0.2) is 0 Å². The van der Waals surface area contributed by atoms with Crippen LogP contribution in [0.2, 0.25) is 0 Å². The second-order valence-electron chi connectivity index (χ2n) is 3.12. The number of nitrogens with one attached hydrogen (secondary N) is 1. The molecule has 8 heteroatoms. The van der Waals surface area contributed by atoms with Gasteiger partial charge in [-0.1, -0.05) is 0 Å². The lowest BCUT2D eigenvalue weighted by Gasteiger charge is -2.12. The average Bonchev–Trinajstić information content (AvgIpc) is 2.12. The summed E-state index contributed by atoms with van der Waals surface area (Å²) in [7, 11) is -1.50. The Labute approximate surface area is 94.8 Å². The highest BCUT2D eigenvalue weighted by molar-refractivity contribution is 7.85. The van der Waals surface area contributed by atoms with Crippen molar-refractivity contribution < 1.29 is 23.7 Å². The Kier molecular flexibility index (Phi) is 6.31. The maximum absolute atomic E-state index is 11.3. The molecule has 0 saturated carbocycles. The molecule has 0 aliphatic carbocycles. The van der Waals surface area contributed by atoms with Crippen LogP contribution in [0.25, 0.3) is 0 Å². The third-order valence-corrected chi connectivity index (χ3v) is 2.97. The minimum Gasteiger partial charge on any atom is -0.480 e. The summed E-state index contributed by atoms with van der Waals surface area (Å²) in [5.74, 6) is -2.61. The van der Waals surface area contributed by atoms with E-state index < -0.39 is 34.6 Å². The lowest BCUT2D eigenvalue weighted by atomic mass is 10.3. The van der Waals surface area contributed by atoms with Crippen LogP contribution in [0.5, 0.6) is 0 Å². The van der Waals surface area contributed by atoms with Crippen molar-refractivity contribution in [3.63, 3.8) is 0 Å². The first-order valence-electron chi connectivity index (χ1n) is 4.46. The number of carboxylic acid groups (broad SMARTS) is 1. The molecule has 0 rings (SSSR count). The summed E-state index contributed by atoms with van der Waals surface area (Å²) in [6, 6.07) is -1.20. The minimum absolute atomic E-state index is 0.00129. The van der Waals surface area contributed by atoms with Crippen molar-refractivity contribution in [2.75, 3.05) is 11.5 Å². The van der Waals surface area contributed by atoms with Crippen molar-refractivity contribution in [2.45, 2.75) is 19.4 Å². The molecule has 16 heavy (non-hydrogen) atoms. The summed E-state index contributed by atoms with van der Waals surface area (Å²) in [6.45, 7) is 1.17. The summed E-state index contributed by atoms with van der Waals surface area (Å²) in [4.78, 5) is 31.7. The fraction of sp³-hybridized carbons (Fsp3) is 0.625. The third-order valence-electron chi connectivity index (χ3n) is 1.60. The molecular weight excluding hydrogens is 236 g/mol. The summed E-state index contributed by atoms with van der Waals surface area (Å²) < 4.78 is 11.3. The number of nitrogens with two attached hydrogens (primary N) is 1. The number of hydrogen-bond donors (Lipinski definition) is 3. The van der Waals surface area contributed by atoms with Crippen molar-refractivity contribution in [2.24, 2.45) is 5.73 Å². The largest absolute Gasteiger partial charge is 0.480 e. The van der Waals surface area contributed by atoms with Crippen molar-refractivity contribution in [1.82, 2.24) is 5.32 Å². The smallest absolute Gasteiger partial charge is 0.327 e. The number of rotatable bonds is 7. The molecule has 2 unspecified atom stereocenters. The second-order valence-corrected chi connectivity index (χ2v) is 4.74. The third kappa shape index (κ3) is 6.93. The Balaban J connectivity index is 4.18. The van der Waals surface area contributed by atoms with Gasteiger partial charge in [0.1, 0.15) is 6.04 Å². The van der Waals surface area contributed by atoms with Crippen LogP contribution in [0.15, 0.2) is 0 Å². The standard InChI is InChI=1S/C8H14N2O5S/c1-5(11)10-6(8(13)14)4-16(15)3-2-7(9)12/h6H,2-4H2,1H3,(H2,9,12)(H,10,11)(H,13,14). The number of amides is 2. The zero-order chi connectivity index (χ0) is 12.7. The second kappa shape index (κ2) is 6.94. The summed E-state index contributed by atoms with van der Waals surface area (Å²) in [6.07, 6.45) is -0.0704. The highest BCUT2D eigenvalue weighted by Gasteiger charge is 2.21. The van der Waals surface area contributed by atoms with Crippen LogP contribution < -0.4 is 11.1 Å². The molecule has 2 amide bonds. The monoisotopic (exact) mass is 250 g/mol. The van der Waals surface area contributed by atoms with Gasteiger partial charge in [0, 0.05) is 29.9 Å². The fourth-order valence-corrected chi connectivity index (χ4v) is 2.10. The number of carbonyl (C=O) groups excluding carboxylic acids is 2. The molecule has 0 aliphatic heterocycles. The van der Waals surface area contributed by atoms with Crippen molar-refractivity contribution >= 4 is 28.6 Å². The lowest BCUT2D eigenvalue weighted by Crippen LogP contribution is -2.43. The van der Waals surface area contributed by atoms with Crippen molar-refractivity contribution in [3.8, 4) is 0 Å². The summed E-state index contributed by atoms with van der Waals surface area (Å²) >= 11 is 0. The predicted molar refractivity (Wildman–Crippen MR) is 56.9 cm³/mol. The van der Waals surface area contributed by atoms with Crippen LogP contribution in [0.1, 0.15) is 13.3 Å². The first-order chi connectivity index (χ1) is 7.32. The van der Waals surface area contributed by atoms with Gasteiger partial charge < -0.3 is 16.2 Å². The maximum Gasteiger partial charge on any atom is 0.327 e. The Morgan fingerprint density at radius 2 is 2.00 bits per heavy atom. The minimum atomic E-state index is -1.50. The lowest BCUT2D eigenvalue weighted by molar-refractivity contribution is -0.140. The van der Waals surface area contributed by atoms with Gasteiger partial charge in [0.25, 0.3) is 0 Å². The molecule has 0 bridgehead atoms. The molecule has 0 spiro atoms. The van der Waals surface area contributed by atoms with E-state index in [1.54, 1.807) is 0 Å². The molecule has 0 aromatic carbocycles. The van der Waals surface area contributed by atoms with E-state index in [2.05, 4.69) is 5.32 Å². The topological polar surface area (TPSA) is 127 Å². The van der Waals surface area contributed by atoms with Gasteiger partial charge in [0.2, 0.25) is 11.8 Å². The van der Waals surface area contributed by atoms with Gasteiger partial charge in [-0.25, -0.2) is 4.79 Å². The Morgan fingerprint density at radius 3 is 2.38 bits per heavy atom. The van der Waals surface area contributed by atoms with Crippen LogP contribution in [-0.2, 0) is 25.2 Å². The number of primary amides is 1. The molecule has 7 nitrogen and oxygen atoms in total. The van der Waals surface area contributed by atoms with Gasteiger partial charge in [-0.3, -0.25) is 13.8 Å². The SMILES string of the molecule is CC(=O)NC(CS(=O)CCC(N)=O)C(=O)O. The molecule has 4 N–H and O–H groups in total. The van der Waals surface area contributed by atoms with E-state index in [1.807, 2.05) is 0 Å². The quantitative estimate of drug-likeness (QED) is 0.491. The van der Waals surface area contributed by atoms with Crippen molar-refractivity contribution in [1.29, 1.82) is 0 Å². The molecule has 0 aliphatic rings. The Hall–Kier alpha value is -1.44. The van der Waals surface area contributed by atoms with Gasteiger partial charge in [0.05, 0.1) is 5.75 Å².